The first kappa shape index (κ1) is 21.3. The summed E-state index contributed by atoms with van der Waals surface area (Å²) >= 11 is 0. The van der Waals surface area contributed by atoms with Crippen LogP contribution in [0.1, 0.15) is 27.2 Å². The van der Waals surface area contributed by atoms with Crippen LogP contribution in [0.4, 0.5) is 26.2 Å². The Hall–Kier alpha value is -3.42. The maximum absolute atomic E-state index is 13.8. The quantitative estimate of drug-likeness (QED) is 0.788. The molecule has 0 saturated carbocycles. The van der Waals surface area contributed by atoms with Crippen molar-refractivity contribution in [3.8, 4) is 0 Å². The normalized spacial score (nSPS) is 16.3. The summed E-state index contributed by atoms with van der Waals surface area (Å²) in [7, 11) is 0. The molecule has 1 atom stereocenters. The van der Waals surface area contributed by atoms with Gasteiger partial charge in [0.05, 0.1) is 17.3 Å². The van der Waals surface area contributed by atoms with Gasteiger partial charge in [-0.25, -0.2) is 9.18 Å². The predicted octanol–water partition coefficient (Wildman–Crippen LogP) is 4.16. The second-order valence-corrected chi connectivity index (χ2v) is 8.05. The Morgan fingerprint density at radius 1 is 1.07 bits per heavy atom. The van der Waals surface area contributed by atoms with Gasteiger partial charge in [-0.2, -0.15) is 0 Å². The Kier molecular flexibility index (Phi) is 6.05. The molecule has 3 rings (SSSR count). The Bertz CT molecular complexity index is 957. The molecule has 3 amide bonds. The molecule has 0 spiro atoms. The van der Waals surface area contributed by atoms with Crippen LogP contribution in [0.25, 0.3) is 0 Å². The number of carbonyl (C=O) groups excluding carboxylic acids is 3. The first-order valence-corrected chi connectivity index (χ1v) is 9.58. The number of rotatable bonds is 4. The van der Waals surface area contributed by atoms with E-state index in [0.717, 1.165) is 11.8 Å². The van der Waals surface area contributed by atoms with Crippen molar-refractivity contribution in [1.82, 2.24) is 0 Å². The molecule has 2 aromatic rings. The average molecular weight is 413 g/mol. The molecule has 158 valence electrons. The fraction of sp³-hybridized carbons (Fsp3) is 0.318. The summed E-state index contributed by atoms with van der Waals surface area (Å²) in [5, 5.41) is 5.14. The van der Waals surface area contributed by atoms with Crippen molar-refractivity contribution in [3.63, 3.8) is 0 Å². The lowest BCUT2D eigenvalue weighted by Gasteiger charge is -2.21. The van der Waals surface area contributed by atoms with Gasteiger partial charge in [0.2, 0.25) is 11.8 Å². The highest BCUT2D eigenvalue weighted by atomic mass is 19.1. The van der Waals surface area contributed by atoms with Crippen LogP contribution in [0.2, 0.25) is 0 Å². The SMILES string of the molecule is CC(C)(C)OC(=O)Nc1ccc(F)cc1NC(=O)C1CC(=O)N(c2ccccc2)C1. The van der Waals surface area contributed by atoms with Gasteiger partial charge in [0.25, 0.3) is 0 Å². The summed E-state index contributed by atoms with van der Waals surface area (Å²) in [6.07, 6.45) is -0.680. The molecule has 0 aromatic heterocycles. The minimum atomic E-state index is -0.726. The zero-order valence-corrected chi connectivity index (χ0v) is 17.1. The average Bonchev–Trinajstić information content (AvgIpc) is 3.05. The highest BCUT2D eigenvalue weighted by molar-refractivity contribution is 6.05. The lowest BCUT2D eigenvalue weighted by Crippen LogP contribution is -2.29. The molecule has 0 bridgehead atoms. The van der Waals surface area contributed by atoms with Gasteiger partial charge in [-0.15, -0.1) is 0 Å². The molecule has 2 aromatic carbocycles. The van der Waals surface area contributed by atoms with E-state index in [4.69, 9.17) is 4.74 Å². The Morgan fingerprint density at radius 2 is 1.77 bits per heavy atom. The number of carbonyl (C=O) groups is 3. The molecule has 2 N–H and O–H groups in total. The topological polar surface area (TPSA) is 87.7 Å². The molecule has 0 radical (unpaired) electrons. The molecule has 1 unspecified atom stereocenters. The summed E-state index contributed by atoms with van der Waals surface area (Å²) in [6.45, 7) is 5.37. The second kappa shape index (κ2) is 8.52. The van der Waals surface area contributed by atoms with Gasteiger partial charge in [-0.1, -0.05) is 18.2 Å². The monoisotopic (exact) mass is 413 g/mol. The number of halogens is 1. The molecule has 8 heteroatoms. The third-order valence-corrected chi connectivity index (χ3v) is 4.44. The third kappa shape index (κ3) is 5.34. The molecule has 1 aliphatic rings. The summed E-state index contributed by atoms with van der Waals surface area (Å²) < 4.78 is 19.0. The zero-order valence-electron chi connectivity index (χ0n) is 17.1. The predicted molar refractivity (Wildman–Crippen MR) is 112 cm³/mol. The van der Waals surface area contributed by atoms with Gasteiger partial charge in [0, 0.05) is 18.7 Å². The number of ether oxygens (including phenoxy) is 1. The van der Waals surface area contributed by atoms with Gasteiger partial charge < -0.3 is 15.0 Å². The van der Waals surface area contributed by atoms with Crippen molar-refractivity contribution in [2.24, 2.45) is 5.92 Å². The van der Waals surface area contributed by atoms with Crippen LogP contribution < -0.4 is 15.5 Å². The number of amides is 3. The van der Waals surface area contributed by atoms with Gasteiger partial charge >= 0.3 is 6.09 Å². The summed E-state index contributed by atoms with van der Waals surface area (Å²) in [4.78, 5) is 38.7. The van der Waals surface area contributed by atoms with Crippen LogP contribution in [0.15, 0.2) is 48.5 Å². The molecule has 1 fully saturated rings. The number of nitrogens with one attached hydrogen (secondary N) is 2. The molecule has 1 aliphatic heterocycles. The van der Waals surface area contributed by atoms with E-state index in [2.05, 4.69) is 10.6 Å². The number of benzene rings is 2. The summed E-state index contributed by atoms with van der Waals surface area (Å²) in [5.74, 6) is -1.77. The van der Waals surface area contributed by atoms with Gasteiger partial charge in [0.15, 0.2) is 0 Å². The van der Waals surface area contributed by atoms with E-state index in [0.29, 0.717) is 0 Å². The smallest absolute Gasteiger partial charge is 0.412 e. The molecule has 0 aliphatic carbocycles. The largest absolute Gasteiger partial charge is 0.444 e. The first-order valence-electron chi connectivity index (χ1n) is 9.58. The Morgan fingerprint density at radius 3 is 2.43 bits per heavy atom. The zero-order chi connectivity index (χ0) is 21.9. The number of para-hydroxylation sites is 1. The second-order valence-electron chi connectivity index (χ2n) is 8.05. The van der Waals surface area contributed by atoms with Crippen LogP contribution in [-0.2, 0) is 14.3 Å². The number of hydrogen-bond acceptors (Lipinski definition) is 4. The Balaban J connectivity index is 1.71. The van der Waals surface area contributed by atoms with Gasteiger partial charge in [0.1, 0.15) is 11.4 Å². The lowest BCUT2D eigenvalue weighted by molar-refractivity contribution is -0.122. The van der Waals surface area contributed by atoms with Crippen molar-refractivity contribution >= 4 is 35.0 Å². The summed E-state index contributed by atoms with van der Waals surface area (Å²) in [6, 6.07) is 12.7. The van der Waals surface area contributed by atoms with Crippen LogP contribution >= 0.6 is 0 Å². The lowest BCUT2D eigenvalue weighted by atomic mass is 10.1. The van der Waals surface area contributed by atoms with E-state index in [-0.39, 0.29) is 30.2 Å². The first-order chi connectivity index (χ1) is 14.1. The van der Waals surface area contributed by atoms with Crippen LogP contribution in [0.3, 0.4) is 0 Å². The highest BCUT2D eigenvalue weighted by Crippen LogP contribution is 2.28. The van der Waals surface area contributed by atoms with Crippen molar-refractivity contribution in [3.05, 3.63) is 54.3 Å². The molecule has 7 nitrogen and oxygen atoms in total. The molecule has 1 saturated heterocycles. The fourth-order valence-electron chi connectivity index (χ4n) is 3.12. The molecular formula is C22H24FN3O4. The van der Waals surface area contributed by atoms with Crippen LogP contribution in [-0.4, -0.2) is 30.1 Å². The van der Waals surface area contributed by atoms with Crippen molar-refractivity contribution < 1.29 is 23.5 Å². The van der Waals surface area contributed by atoms with E-state index in [9.17, 15) is 18.8 Å². The van der Waals surface area contributed by atoms with E-state index >= 15 is 0 Å². The van der Waals surface area contributed by atoms with Crippen molar-refractivity contribution in [2.45, 2.75) is 32.8 Å². The van der Waals surface area contributed by atoms with E-state index in [1.165, 1.54) is 12.1 Å². The molecule has 30 heavy (non-hydrogen) atoms. The van der Waals surface area contributed by atoms with Crippen molar-refractivity contribution in [2.75, 3.05) is 22.1 Å². The summed E-state index contributed by atoms with van der Waals surface area (Å²) in [5.41, 5.74) is 0.300. The fourth-order valence-corrected chi connectivity index (χ4v) is 3.12. The van der Waals surface area contributed by atoms with E-state index in [1.807, 2.05) is 18.2 Å². The number of anilines is 3. The third-order valence-electron chi connectivity index (χ3n) is 4.44. The number of hydrogen-bond donors (Lipinski definition) is 2. The van der Waals surface area contributed by atoms with Gasteiger partial charge in [-0.3, -0.25) is 14.9 Å². The van der Waals surface area contributed by atoms with Gasteiger partial charge in [-0.05, 0) is 51.1 Å². The minimum Gasteiger partial charge on any atom is -0.444 e. The highest BCUT2D eigenvalue weighted by Gasteiger charge is 2.35. The maximum Gasteiger partial charge on any atom is 0.412 e. The molecule has 1 heterocycles. The van der Waals surface area contributed by atoms with Crippen LogP contribution in [0.5, 0.6) is 0 Å². The van der Waals surface area contributed by atoms with E-state index in [1.54, 1.807) is 37.8 Å². The Labute approximate surface area is 174 Å². The molecular weight excluding hydrogens is 389 g/mol. The van der Waals surface area contributed by atoms with Crippen LogP contribution in [0, 0.1) is 11.7 Å². The maximum atomic E-state index is 13.8. The number of nitrogens with zero attached hydrogens (tertiary/aromatic N) is 1. The van der Waals surface area contributed by atoms with Crippen molar-refractivity contribution in [1.29, 1.82) is 0 Å². The van der Waals surface area contributed by atoms with E-state index < -0.39 is 29.3 Å². The minimum absolute atomic E-state index is 0.0465. The standard InChI is InChI=1S/C22H24FN3O4/c1-22(2,3)30-21(29)25-17-10-9-15(23)12-18(17)24-20(28)14-11-19(27)26(13-14)16-7-5-4-6-8-16/h4-10,12,14H,11,13H2,1-3H3,(H,24,28)(H,25,29).